The maximum absolute atomic E-state index is 4.90. The van der Waals surface area contributed by atoms with Gasteiger partial charge in [0.15, 0.2) is 0 Å². The van der Waals surface area contributed by atoms with Crippen molar-refractivity contribution < 1.29 is 0 Å². The number of aromatic amines is 1. The van der Waals surface area contributed by atoms with E-state index in [4.69, 9.17) is 4.98 Å². The fraction of sp³-hybridized carbons (Fsp3) is 0.136. The summed E-state index contributed by atoms with van der Waals surface area (Å²) in [6.07, 6.45) is 2.07. The van der Waals surface area contributed by atoms with Gasteiger partial charge >= 0.3 is 0 Å². The van der Waals surface area contributed by atoms with Crippen molar-refractivity contribution >= 4 is 10.8 Å². The van der Waals surface area contributed by atoms with Gasteiger partial charge in [0.1, 0.15) is 5.82 Å². The van der Waals surface area contributed by atoms with Gasteiger partial charge in [-0.1, -0.05) is 80.1 Å². The average molecular weight is 312 g/mol. The molecule has 4 rings (SSSR count). The van der Waals surface area contributed by atoms with Gasteiger partial charge in [-0.25, -0.2) is 4.98 Å². The Hall–Kier alpha value is -2.87. The second-order valence-electron chi connectivity index (χ2n) is 6.09. The molecule has 1 N–H and O–H groups in total. The Kier molecular flexibility index (Phi) is 3.87. The summed E-state index contributed by atoms with van der Waals surface area (Å²) < 4.78 is 0. The quantitative estimate of drug-likeness (QED) is 0.503. The van der Waals surface area contributed by atoms with Gasteiger partial charge in [-0.2, -0.15) is 0 Å². The second-order valence-corrected chi connectivity index (χ2v) is 6.09. The molecule has 0 aliphatic heterocycles. The van der Waals surface area contributed by atoms with E-state index < -0.39 is 0 Å². The molecule has 2 heteroatoms. The average Bonchev–Trinajstić information content (AvgIpc) is 3.06. The van der Waals surface area contributed by atoms with Crippen LogP contribution in [0.15, 0.2) is 72.8 Å². The van der Waals surface area contributed by atoms with Crippen LogP contribution in [0, 0.1) is 0 Å². The molecular weight excluding hydrogens is 292 g/mol. The first kappa shape index (κ1) is 14.7. The van der Waals surface area contributed by atoms with Crippen LogP contribution in [-0.4, -0.2) is 9.97 Å². The predicted molar refractivity (Wildman–Crippen MR) is 101 cm³/mol. The summed E-state index contributed by atoms with van der Waals surface area (Å²) in [5, 5.41) is 2.49. The number of hydrogen-bond donors (Lipinski definition) is 1. The lowest BCUT2D eigenvalue weighted by atomic mass is 10.1. The number of imidazole rings is 1. The molecule has 4 aromatic rings. The number of rotatable bonds is 4. The number of nitrogens with zero attached hydrogens (tertiary/aromatic N) is 1. The van der Waals surface area contributed by atoms with Crippen LogP contribution < -0.4 is 0 Å². The molecule has 24 heavy (non-hydrogen) atoms. The van der Waals surface area contributed by atoms with Crippen molar-refractivity contribution in [3.8, 4) is 22.6 Å². The molecular formula is C22H20N2. The number of benzene rings is 3. The zero-order valence-electron chi connectivity index (χ0n) is 13.8. The Balaban J connectivity index is 1.82. The SMILES string of the molecule is CCCc1nc(-c2ccc3ccccc3c2)[nH]c1-c1ccccc1. The summed E-state index contributed by atoms with van der Waals surface area (Å²) in [5.41, 5.74) is 4.61. The van der Waals surface area contributed by atoms with E-state index in [0.29, 0.717) is 0 Å². The van der Waals surface area contributed by atoms with Crippen LogP contribution in [0.25, 0.3) is 33.4 Å². The summed E-state index contributed by atoms with van der Waals surface area (Å²) in [7, 11) is 0. The zero-order valence-corrected chi connectivity index (χ0v) is 13.8. The molecule has 0 saturated heterocycles. The van der Waals surface area contributed by atoms with Crippen molar-refractivity contribution in [1.29, 1.82) is 0 Å². The number of fused-ring (bicyclic) bond motifs is 1. The molecule has 0 unspecified atom stereocenters. The van der Waals surface area contributed by atoms with Gasteiger partial charge in [0, 0.05) is 5.56 Å². The predicted octanol–water partition coefficient (Wildman–Crippen LogP) is 5.85. The first-order chi connectivity index (χ1) is 11.8. The molecule has 3 aromatic carbocycles. The third kappa shape index (κ3) is 2.71. The highest BCUT2D eigenvalue weighted by molar-refractivity contribution is 5.86. The molecule has 1 heterocycles. The molecule has 0 saturated carbocycles. The third-order valence-corrected chi connectivity index (χ3v) is 4.35. The van der Waals surface area contributed by atoms with Crippen molar-refractivity contribution in [2.45, 2.75) is 19.8 Å². The highest BCUT2D eigenvalue weighted by Gasteiger charge is 2.12. The largest absolute Gasteiger partial charge is 0.338 e. The minimum absolute atomic E-state index is 0.947. The number of nitrogens with one attached hydrogen (secondary N) is 1. The lowest BCUT2D eigenvalue weighted by Crippen LogP contribution is -1.87. The monoisotopic (exact) mass is 312 g/mol. The fourth-order valence-electron chi connectivity index (χ4n) is 3.14. The molecule has 0 atom stereocenters. The van der Waals surface area contributed by atoms with Crippen LogP contribution in [0.2, 0.25) is 0 Å². The van der Waals surface area contributed by atoms with Crippen molar-refractivity contribution in [2.75, 3.05) is 0 Å². The van der Waals surface area contributed by atoms with E-state index in [1.807, 2.05) is 6.07 Å². The van der Waals surface area contributed by atoms with Gasteiger partial charge in [0.2, 0.25) is 0 Å². The number of aromatic nitrogens is 2. The molecule has 2 nitrogen and oxygen atoms in total. The van der Waals surface area contributed by atoms with E-state index >= 15 is 0 Å². The fourth-order valence-corrected chi connectivity index (χ4v) is 3.14. The van der Waals surface area contributed by atoms with Gasteiger partial charge in [0.05, 0.1) is 11.4 Å². The highest BCUT2D eigenvalue weighted by atomic mass is 14.9. The van der Waals surface area contributed by atoms with Crippen LogP contribution >= 0.6 is 0 Å². The Morgan fingerprint density at radius 3 is 2.33 bits per heavy atom. The maximum Gasteiger partial charge on any atom is 0.138 e. The number of aryl methyl sites for hydroxylation is 1. The third-order valence-electron chi connectivity index (χ3n) is 4.35. The Morgan fingerprint density at radius 1 is 0.792 bits per heavy atom. The van der Waals surface area contributed by atoms with Crippen molar-refractivity contribution in [3.05, 3.63) is 78.5 Å². The summed E-state index contributed by atoms with van der Waals surface area (Å²) in [6.45, 7) is 2.19. The summed E-state index contributed by atoms with van der Waals surface area (Å²) in [4.78, 5) is 8.45. The van der Waals surface area contributed by atoms with Gasteiger partial charge in [-0.15, -0.1) is 0 Å². The molecule has 118 valence electrons. The van der Waals surface area contributed by atoms with E-state index in [1.54, 1.807) is 0 Å². The Morgan fingerprint density at radius 2 is 1.54 bits per heavy atom. The number of hydrogen-bond acceptors (Lipinski definition) is 1. The Labute approximate surface area is 142 Å². The standard InChI is InChI=1S/C22H20N2/c1-2-8-20-21(17-10-4-3-5-11-17)24-22(23-20)19-14-13-16-9-6-7-12-18(16)15-19/h3-7,9-15H,2,8H2,1H3,(H,23,24). The van der Waals surface area contributed by atoms with Gasteiger partial charge in [-0.3, -0.25) is 0 Å². The molecule has 0 amide bonds. The van der Waals surface area contributed by atoms with Crippen molar-refractivity contribution in [1.82, 2.24) is 9.97 Å². The molecule has 1 aromatic heterocycles. The van der Waals surface area contributed by atoms with Crippen LogP contribution in [0.1, 0.15) is 19.0 Å². The molecule has 0 aliphatic rings. The van der Waals surface area contributed by atoms with E-state index in [-0.39, 0.29) is 0 Å². The normalized spacial score (nSPS) is 11.0. The summed E-state index contributed by atoms with van der Waals surface area (Å²) in [5.74, 6) is 0.947. The van der Waals surface area contributed by atoms with Crippen LogP contribution in [0.4, 0.5) is 0 Å². The van der Waals surface area contributed by atoms with Crippen LogP contribution in [0.3, 0.4) is 0 Å². The van der Waals surface area contributed by atoms with Gasteiger partial charge in [-0.05, 0) is 28.8 Å². The number of H-pyrrole nitrogens is 1. The van der Waals surface area contributed by atoms with E-state index in [2.05, 4.69) is 78.6 Å². The zero-order chi connectivity index (χ0) is 16.4. The summed E-state index contributed by atoms with van der Waals surface area (Å²) >= 11 is 0. The van der Waals surface area contributed by atoms with E-state index in [0.717, 1.165) is 35.6 Å². The maximum atomic E-state index is 4.90. The minimum atomic E-state index is 0.947. The molecule has 0 bridgehead atoms. The minimum Gasteiger partial charge on any atom is -0.338 e. The van der Waals surface area contributed by atoms with Gasteiger partial charge in [0.25, 0.3) is 0 Å². The lowest BCUT2D eigenvalue weighted by molar-refractivity contribution is 0.895. The molecule has 0 fully saturated rings. The molecule has 0 aliphatic carbocycles. The van der Waals surface area contributed by atoms with E-state index in [1.165, 1.54) is 16.3 Å². The Bertz CT molecular complexity index is 968. The highest BCUT2D eigenvalue weighted by Crippen LogP contribution is 2.28. The summed E-state index contributed by atoms with van der Waals surface area (Å²) in [6, 6.07) is 25.4. The second kappa shape index (κ2) is 6.32. The first-order valence-corrected chi connectivity index (χ1v) is 8.48. The topological polar surface area (TPSA) is 28.7 Å². The molecule has 0 radical (unpaired) electrons. The lowest BCUT2D eigenvalue weighted by Gasteiger charge is -2.01. The van der Waals surface area contributed by atoms with Crippen molar-refractivity contribution in [2.24, 2.45) is 0 Å². The van der Waals surface area contributed by atoms with Gasteiger partial charge < -0.3 is 4.98 Å². The van der Waals surface area contributed by atoms with Crippen molar-refractivity contribution in [3.63, 3.8) is 0 Å². The van der Waals surface area contributed by atoms with E-state index in [9.17, 15) is 0 Å². The molecule has 0 spiro atoms. The van der Waals surface area contributed by atoms with Crippen LogP contribution in [-0.2, 0) is 6.42 Å². The smallest absolute Gasteiger partial charge is 0.138 e. The van der Waals surface area contributed by atoms with Crippen LogP contribution in [0.5, 0.6) is 0 Å². The first-order valence-electron chi connectivity index (χ1n) is 8.48.